The number of hydrogen-bond acceptors (Lipinski definition) is 5. The summed E-state index contributed by atoms with van der Waals surface area (Å²) in [6, 6.07) is 12.6. The maximum Gasteiger partial charge on any atom is 0.325 e. The Balaban J connectivity index is 2.05. The van der Waals surface area contributed by atoms with Crippen molar-refractivity contribution in [3.63, 3.8) is 0 Å². The Hall–Kier alpha value is -3.02. The molecule has 6 heteroatoms. The molecule has 1 aromatic carbocycles. The summed E-state index contributed by atoms with van der Waals surface area (Å²) in [6.45, 7) is 2.12. The van der Waals surface area contributed by atoms with Crippen molar-refractivity contribution >= 4 is 17.4 Å². The van der Waals surface area contributed by atoms with Crippen LogP contribution in [0.25, 0.3) is 16.9 Å². The molecule has 3 aromatic rings. The summed E-state index contributed by atoms with van der Waals surface area (Å²) in [5.41, 5.74) is 1.90. The number of imidazole rings is 1. The van der Waals surface area contributed by atoms with Crippen LogP contribution in [0.4, 0.5) is 5.82 Å². The monoisotopic (exact) mass is 311 g/mol. The normalized spacial score (nSPS) is 10.7. The predicted octanol–water partition coefficient (Wildman–Crippen LogP) is 2.68. The molecular weight excluding hydrogens is 294 g/mol. The summed E-state index contributed by atoms with van der Waals surface area (Å²) in [5, 5.41) is 13.2. The van der Waals surface area contributed by atoms with E-state index in [0.717, 1.165) is 5.65 Å². The number of rotatable bonds is 5. The van der Waals surface area contributed by atoms with Crippen LogP contribution in [-0.2, 0) is 9.53 Å². The molecule has 0 aliphatic heterocycles. The van der Waals surface area contributed by atoms with Crippen LogP contribution >= 0.6 is 0 Å². The van der Waals surface area contributed by atoms with Gasteiger partial charge in [0, 0.05) is 11.8 Å². The van der Waals surface area contributed by atoms with Crippen LogP contribution < -0.4 is 5.32 Å². The Morgan fingerprint density at radius 3 is 2.83 bits per heavy atom. The largest absolute Gasteiger partial charge is 0.507 e. The van der Waals surface area contributed by atoms with Crippen LogP contribution in [0.1, 0.15) is 6.92 Å². The highest BCUT2D eigenvalue weighted by Gasteiger charge is 2.17. The Morgan fingerprint density at radius 1 is 1.26 bits per heavy atom. The third kappa shape index (κ3) is 2.96. The molecule has 23 heavy (non-hydrogen) atoms. The van der Waals surface area contributed by atoms with E-state index < -0.39 is 0 Å². The first-order valence-corrected chi connectivity index (χ1v) is 7.35. The molecule has 0 fully saturated rings. The SMILES string of the molecule is CCOC(=O)CNc1c(-c2ccccc2O)nc2ccccn12. The molecule has 0 radical (unpaired) electrons. The number of carbonyl (C=O) groups excluding carboxylic acids is 1. The number of para-hydroxylation sites is 1. The van der Waals surface area contributed by atoms with Gasteiger partial charge in [-0.3, -0.25) is 9.20 Å². The molecule has 0 aliphatic rings. The summed E-state index contributed by atoms with van der Waals surface area (Å²) in [4.78, 5) is 16.2. The molecule has 0 unspecified atom stereocenters. The van der Waals surface area contributed by atoms with Gasteiger partial charge in [-0.1, -0.05) is 18.2 Å². The number of aromatic hydroxyl groups is 1. The average molecular weight is 311 g/mol. The van der Waals surface area contributed by atoms with E-state index in [1.54, 1.807) is 25.1 Å². The minimum atomic E-state index is -0.346. The number of pyridine rings is 1. The number of nitrogens with zero attached hydrogens (tertiary/aromatic N) is 2. The zero-order chi connectivity index (χ0) is 16.2. The Bertz CT molecular complexity index is 842. The van der Waals surface area contributed by atoms with Gasteiger partial charge in [-0.05, 0) is 31.2 Å². The fourth-order valence-corrected chi connectivity index (χ4v) is 2.39. The van der Waals surface area contributed by atoms with E-state index in [1.165, 1.54) is 0 Å². The Morgan fingerprint density at radius 2 is 2.04 bits per heavy atom. The molecule has 2 aromatic heterocycles. The molecule has 0 saturated heterocycles. The molecule has 0 aliphatic carbocycles. The number of hydrogen-bond donors (Lipinski definition) is 2. The number of aromatic nitrogens is 2. The van der Waals surface area contributed by atoms with E-state index in [2.05, 4.69) is 10.3 Å². The maximum absolute atomic E-state index is 11.6. The summed E-state index contributed by atoms with van der Waals surface area (Å²) in [6.07, 6.45) is 1.85. The number of carbonyl (C=O) groups is 1. The van der Waals surface area contributed by atoms with Crippen molar-refractivity contribution in [1.82, 2.24) is 9.38 Å². The highest BCUT2D eigenvalue weighted by atomic mass is 16.5. The number of benzene rings is 1. The number of ether oxygens (including phenoxy) is 1. The lowest BCUT2D eigenvalue weighted by Crippen LogP contribution is -2.17. The number of anilines is 1. The molecule has 118 valence electrons. The number of phenolic OH excluding ortho intramolecular Hbond substituents is 1. The lowest BCUT2D eigenvalue weighted by Gasteiger charge is -2.09. The van der Waals surface area contributed by atoms with Gasteiger partial charge in [0.1, 0.15) is 29.5 Å². The minimum Gasteiger partial charge on any atom is -0.507 e. The predicted molar refractivity (Wildman–Crippen MR) is 87.4 cm³/mol. The fourth-order valence-electron chi connectivity index (χ4n) is 2.39. The molecule has 0 atom stereocenters. The topological polar surface area (TPSA) is 75.9 Å². The Kier molecular flexibility index (Phi) is 4.14. The van der Waals surface area contributed by atoms with Crippen molar-refractivity contribution in [1.29, 1.82) is 0 Å². The maximum atomic E-state index is 11.6. The minimum absolute atomic E-state index is 0.0249. The number of fused-ring (bicyclic) bond motifs is 1. The molecular formula is C17H17N3O3. The lowest BCUT2D eigenvalue weighted by atomic mass is 10.1. The van der Waals surface area contributed by atoms with Crippen molar-refractivity contribution < 1.29 is 14.6 Å². The number of phenols is 1. The van der Waals surface area contributed by atoms with Crippen molar-refractivity contribution in [2.24, 2.45) is 0 Å². The van der Waals surface area contributed by atoms with Gasteiger partial charge >= 0.3 is 5.97 Å². The lowest BCUT2D eigenvalue weighted by molar-refractivity contribution is -0.140. The van der Waals surface area contributed by atoms with Gasteiger partial charge in [0.15, 0.2) is 0 Å². The van der Waals surface area contributed by atoms with E-state index in [1.807, 2.05) is 34.9 Å². The van der Waals surface area contributed by atoms with Crippen LogP contribution in [0.15, 0.2) is 48.7 Å². The quantitative estimate of drug-likeness (QED) is 0.709. The first kappa shape index (κ1) is 14.9. The van der Waals surface area contributed by atoms with Crippen LogP contribution in [0.2, 0.25) is 0 Å². The number of esters is 1. The van der Waals surface area contributed by atoms with Crippen LogP contribution in [-0.4, -0.2) is 33.6 Å². The summed E-state index contributed by atoms with van der Waals surface area (Å²) < 4.78 is 6.78. The second-order valence-corrected chi connectivity index (χ2v) is 4.91. The van der Waals surface area contributed by atoms with E-state index in [9.17, 15) is 9.90 Å². The molecule has 0 bridgehead atoms. The van der Waals surface area contributed by atoms with Gasteiger partial charge in [-0.25, -0.2) is 4.98 Å². The average Bonchev–Trinajstić information content (AvgIpc) is 2.92. The second kappa shape index (κ2) is 6.39. The molecule has 6 nitrogen and oxygen atoms in total. The van der Waals surface area contributed by atoms with Gasteiger partial charge in [0.25, 0.3) is 0 Å². The molecule has 3 rings (SSSR count). The van der Waals surface area contributed by atoms with Gasteiger partial charge in [-0.2, -0.15) is 0 Å². The first-order chi connectivity index (χ1) is 11.2. The molecule has 0 amide bonds. The van der Waals surface area contributed by atoms with Crippen LogP contribution in [0.3, 0.4) is 0 Å². The molecule has 2 N–H and O–H groups in total. The smallest absolute Gasteiger partial charge is 0.325 e. The highest BCUT2D eigenvalue weighted by molar-refractivity contribution is 5.82. The van der Waals surface area contributed by atoms with Crippen molar-refractivity contribution in [2.75, 3.05) is 18.5 Å². The van der Waals surface area contributed by atoms with E-state index in [4.69, 9.17) is 4.74 Å². The fraction of sp³-hybridized carbons (Fsp3) is 0.176. The number of nitrogens with one attached hydrogen (secondary N) is 1. The molecule has 0 spiro atoms. The standard InChI is InChI=1S/C17H17N3O3/c1-2-23-15(22)11-18-17-16(12-7-3-4-8-13(12)21)19-14-9-5-6-10-20(14)17/h3-10,18,21H,2,11H2,1H3. The molecule has 0 saturated carbocycles. The van der Waals surface area contributed by atoms with Crippen molar-refractivity contribution in [2.45, 2.75) is 6.92 Å². The van der Waals surface area contributed by atoms with Crippen LogP contribution in [0.5, 0.6) is 5.75 Å². The summed E-state index contributed by atoms with van der Waals surface area (Å²) in [7, 11) is 0. The van der Waals surface area contributed by atoms with Crippen LogP contribution in [0, 0.1) is 0 Å². The Labute approximate surface area is 133 Å². The second-order valence-electron chi connectivity index (χ2n) is 4.91. The van der Waals surface area contributed by atoms with Crippen molar-refractivity contribution in [3.8, 4) is 17.0 Å². The third-order valence-electron chi connectivity index (χ3n) is 3.39. The van der Waals surface area contributed by atoms with Crippen molar-refractivity contribution in [3.05, 3.63) is 48.7 Å². The van der Waals surface area contributed by atoms with Gasteiger partial charge in [-0.15, -0.1) is 0 Å². The van der Waals surface area contributed by atoms with Gasteiger partial charge in [0.05, 0.1) is 6.61 Å². The highest BCUT2D eigenvalue weighted by Crippen LogP contribution is 2.34. The van der Waals surface area contributed by atoms with E-state index in [-0.39, 0.29) is 18.3 Å². The zero-order valence-corrected chi connectivity index (χ0v) is 12.7. The third-order valence-corrected chi connectivity index (χ3v) is 3.39. The summed E-state index contributed by atoms with van der Waals surface area (Å²) >= 11 is 0. The van der Waals surface area contributed by atoms with Gasteiger partial charge < -0.3 is 15.2 Å². The first-order valence-electron chi connectivity index (χ1n) is 7.35. The summed E-state index contributed by atoms with van der Waals surface area (Å²) in [5.74, 6) is 0.423. The van der Waals surface area contributed by atoms with Gasteiger partial charge in [0.2, 0.25) is 0 Å². The molecule has 2 heterocycles. The van der Waals surface area contributed by atoms with E-state index >= 15 is 0 Å². The van der Waals surface area contributed by atoms with E-state index in [0.29, 0.717) is 23.7 Å². The zero-order valence-electron chi connectivity index (χ0n) is 12.7.